The Hall–Kier alpha value is -1.14. The van der Waals surface area contributed by atoms with E-state index in [1.807, 2.05) is 11.8 Å². The Balaban J connectivity index is 3.14. The molecule has 1 unspecified atom stereocenters. The van der Waals surface area contributed by atoms with Crippen LogP contribution in [0.25, 0.3) is 0 Å². The molecule has 1 aromatic rings. The van der Waals surface area contributed by atoms with Crippen LogP contribution in [-0.2, 0) is 6.18 Å². The van der Waals surface area contributed by atoms with E-state index >= 15 is 0 Å². The van der Waals surface area contributed by atoms with Crippen molar-refractivity contribution < 1.29 is 17.6 Å². The number of hydrogen-bond acceptors (Lipinski definition) is 2. The van der Waals surface area contributed by atoms with Crippen LogP contribution in [0, 0.1) is 5.82 Å². The third-order valence-corrected chi connectivity index (χ3v) is 2.96. The zero-order chi connectivity index (χ0) is 14.6. The molecule has 0 saturated carbocycles. The Morgan fingerprint density at radius 2 is 1.89 bits per heavy atom. The zero-order valence-corrected chi connectivity index (χ0v) is 11.0. The van der Waals surface area contributed by atoms with E-state index in [0.717, 1.165) is 18.6 Å². The van der Waals surface area contributed by atoms with E-state index in [2.05, 4.69) is 0 Å². The first-order valence-electron chi connectivity index (χ1n) is 6.07. The fourth-order valence-electron chi connectivity index (χ4n) is 2.05. The normalized spacial score (nSPS) is 13.9. The van der Waals surface area contributed by atoms with E-state index in [-0.39, 0.29) is 12.1 Å². The van der Waals surface area contributed by atoms with Gasteiger partial charge in [0.05, 0.1) is 5.56 Å². The standard InChI is InChI=1S/C13H18F4N2/c1-3-4-19(2)12(8-18)9-5-10(13(15,16)17)7-11(14)6-9/h5-7,12H,3-4,8,18H2,1-2H3. The van der Waals surface area contributed by atoms with E-state index in [1.54, 1.807) is 7.05 Å². The van der Waals surface area contributed by atoms with E-state index in [1.165, 1.54) is 0 Å². The summed E-state index contributed by atoms with van der Waals surface area (Å²) in [6, 6.07) is 2.15. The number of alkyl halides is 3. The second-order valence-corrected chi connectivity index (χ2v) is 4.50. The summed E-state index contributed by atoms with van der Waals surface area (Å²) in [5.41, 5.74) is 4.87. The molecule has 1 atom stereocenters. The number of hydrogen-bond donors (Lipinski definition) is 1. The highest BCUT2D eigenvalue weighted by atomic mass is 19.4. The van der Waals surface area contributed by atoms with Crippen molar-refractivity contribution in [3.8, 4) is 0 Å². The van der Waals surface area contributed by atoms with Gasteiger partial charge >= 0.3 is 6.18 Å². The second kappa shape index (κ2) is 6.34. The minimum Gasteiger partial charge on any atom is -0.329 e. The van der Waals surface area contributed by atoms with Gasteiger partial charge in [0.2, 0.25) is 0 Å². The number of benzene rings is 1. The number of nitrogens with two attached hydrogens (primary N) is 1. The molecule has 0 aliphatic rings. The van der Waals surface area contributed by atoms with Crippen LogP contribution < -0.4 is 5.73 Å². The smallest absolute Gasteiger partial charge is 0.329 e. The van der Waals surface area contributed by atoms with Gasteiger partial charge in [-0.15, -0.1) is 0 Å². The SMILES string of the molecule is CCCN(C)C(CN)c1cc(F)cc(C(F)(F)F)c1. The topological polar surface area (TPSA) is 29.3 Å². The lowest BCUT2D eigenvalue weighted by Crippen LogP contribution is -2.31. The van der Waals surface area contributed by atoms with Gasteiger partial charge in [-0.3, -0.25) is 4.90 Å². The van der Waals surface area contributed by atoms with Crippen molar-refractivity contribution in [1.29, 1.82) is 0 Å². The van der Waals surface area contributed by atoms with Crippen LogP contribution in [0.1, 0.15) is 30.5 Å². The Kier molecular flexibility index (Phi) is 5.31. The number of nitrogens with zero attached hydrogens (tertiary/aromatic N) is 1. The van der Waals surface area contributed by atoms with Gasteiger partial charge in [-0.2, -0.15) is 13.2 Å². The Labute approximate surface area is 110 Å². The molecule has 0 aliphatic carbocycles. The molecule has 0 aliphatic heterocycles. The highest BCUT2D eigenvalue weighted by molar-refractivity contribution is 5.29. The minimum absolute atomic E-state index is 0.136. The molecule has 0 spiro atoms. The Morgan fingerprint density at radius 1 is 1.26 bits per heavy atom. The quantitative estimate of drug-likeness (QED) is 0.838. The molecule has 0 saturated heterocycles. The molecule has 19 heavy (non-hydrogen) atoms. The van der Waals surface area contributed by atoms with Crippen LogP contribution in [0.15, 0.2) is 18.2 Å². The van der Waals surface area contributed by atoms with Gasteiger partial charge in [-0.05, 0) is 43.8 Å². The molecule has 0 amide bonds. The Bertz CT molecular complexity index is 418. The molecule has 1 aromatic carbocycles. The van der Waals surface area contributed by atoms with Gasteiger partial charge in [0.25, 0.3) is 0 Å². The van der Waals surface area contributed by atoms with Crippen molar-refractivity contribution in [1.82, 2.24) is 4.90 Å². The summed E-state index contributed by atoms with van der Waals surface area (Å²) in [6.07, 6.45) is -3.71. The first-order valence-corrected chi connectivity index (χ1v) is 6.07. The summed E-state index contributed by atoms with van der Waals surface area (Å²) in [5.74, 6) is -0.895. The predicted octanol–water partition coefficient (Wildman–Crippen LogP) is 3.19. The summed E-state index contributed by atoms with van der Waals surface area (Å²) in [6.45, 7) is 2.77. The van der Waals surface area contributed by atoms with Crippen LogP contribution in [0.2, 0.25) is 0 Å². The van der Waals surface area contributed by atoms with Crippen molar-refractivity contribution >= 4 is 0 Å². The molecule has 2 N–H and O–H groups in total. The summed E-state index contributed by atoms with van der Waals surface area (Å²) in [7, 11) is 1.76. The molecular weight excluding hydrogens is 260 g/mol. The van der Waals surface area contributed by atoms with Gasteiger partial charge in [0.15, 0.2) is 0 Å². The van der Waals surface area contributed by atoms with Gasteiger partial charge in [0.1, 0.15) is 5.82 Å². The number of rotatable bonds is 5. The first kappa shape index (κ1) is 15.9. The van der Waals surface area contributed by atoms with Gasteiger partial charge < -0.3 is 5.73 Å². The molecular formula is C13H18F4N2. The summed E-state index contributed by atoms with van der Waals surface area (Å²) in [5, 5.41) is 0. The summed E-state index contributed by atoms with van der Waals surface area (Å²) >= 11 is 0. The van der Waals surface area contributed by atoms with Crippen molar-refractivity contribution in [3.63, 3.8) is 0 Å². The highest BCUT2D eigenvalue weighted by Gasteiger charge is 2.32. The Morgan fingerprint density at radius 3 is 2.37 bits per heavy atom. The van der Waals surface area contributed by atoms with Crippen LogP contribution in [0.4, 0.5) is 17.6 Å². The van der Waals surface area contributed by atoms with E-state index in [4.69, 9.17) is 5.73 Å². The van der Waals surface area contributed by atoms with Crippen molar-refractivity contribution in [2.24, 2.45) is 5.73 Å². The molecule has 0 aromatic heterocycles. The van der Waals surface area contributed by atoms with Gasteiger partial charge in [-0.25, -0.2) is 4.39 Å². The molecule has 2 nitrogen and oxygen atoms in total. The molecule has 0 heterocycles. The number of likely N-dealkylation sites (N-methyl/N-ethyl adjacent to an activating group) is 1. The van der Waals surface area contributed by atoms with Crippen molar-refractivity contribution in [2.75, 3.05) is 20.1 Å². The van der Waals surface area contributed by atoms with Crippen molar-refractivity contribution in [3.05, 3.63) is 35.1 Å². The average molecular weight is 278 g/mol. The minimum atomic E-state index is -4.56. The molecule has 6 heteroatoms. The molecule has 108 valence electrons. The second-order valence-electron chi connectivity index (χ2n) is 4.50. The fraction of sp³-hybridized carbons (Fsp3) is 0.538. The zero-order valence-electron chi connectivity index (χ0n) is 11.0. The number of halogens is 4. The predicted molar refractivity (Wildman–Crippen MR) is 66.1 cm³/mol. The summed E-state index contributed by atoms with van der Waals surface area (Å²) in [4.78, 5) is 1.83. The molecule has 0 bridgehead atoms. The van der Waals surface area contributed by atoms with Gasteiger partial charge in [-0.1, -0.05) is 6.92 Å². The highest BCUT2D eigenvalue weighted by Crippen LogP contribution is 2.32. The van der Waals surface area contributed by atoms with E-state index < -0.39 is 23.6 Å². The molecule has 1 rings (SSSR count). The van der Waals surface area contributed by atoms with E-state index in [0.29, 0.717) is 12.6 Å². The van der Waals surface area contributed by atoms with Crippen molar-refractivity contribution in [2.45, 2.75) is 25.6 Å². The van der Waals surface area contributed by atoms with Crippen LogP contribution in [0.3, 0.4) is 0 Å². The third-order valence-electron chi connectivity index (χ3n) is 2.96. The maximum Gasteiger partial charge on any atom is 0.416 e. The molecule has 0 fully saturated rings. The third kappa shape index (κ3) is 4.18. The fourth-order valence-corrected chi connectivity index (χ4v) is 2.05. The lowest BCUT2D eigenvalue weighted by Gasteiger charge is -2.27. The maximum atomic E-state index is 13.3. The lowest BCUT2D eigenvalue weighted by atomic mass is 10.0. The van der Waals surface area contributed by atoms with E-state index in [9.17, 15) is 17.6 Å². The van der Waals surface area contributed by atoms with Gasteiger partial charge in [0, 0.05) is 12.6 Å². The largest absolute Gasteiger partial charge is 0.416 e. The van der Waals surface area contributed by atoms with Crippen LogP contribution in [-0.4, -0.2) is 25.0 Å². The first-order chi connectivity index (χ1) is 8.79. The monoisotopic (exact) mass is 278 g/mol. The molecule has 0 radical (unpaired) electrons. The van der Waals surface area contributed by atoms with Crippen LogP contribution >= 0.6 is 0 Å². The van der Waals surface area contributed by atoms with Crippen LogP contribution in [0.5, 0.6) is 0 Å². The maximum absolute atomic E-state index is 13.3. The average Bonchev–Trinajstić information content (AvgIpc) is 2.28. The lowest BCUT2D eigenvalue weighted by molar-refractivity contribution is -0.137. The summed E-state index contributed by atoms with van der Waals surface area (Å²) < 4.78 is 51.3.